The molecule has 0 aliphatic carbocycles. The molecule has 4 saturated heterocycles. The molecule has 2 bridgehead atoms. The maximum Gasteiger partial charge on any atom is 0.319 e. The number of phenolic OH excluding ortho intramolecular Hbond substituents is 1. The van der Waals surface area contributed by atoms with Crippen LogP contribution in [0.4, 0.5) is 14.6 Å². The first-order chi connectivity index (χ1) is 22.4. The number of anilines is 1. The molecule has 5 aromatic rings. The van der Waals surface area contributed by atoms with Gasteiger partial charge in [-0.15, -0.1) is 6.42 Å². The van der Waals surface area contributed by atoms with Crippen molar-refractivity contribution in [2.75, 3.05) is 37.7 Å². The molecule has 3 aromatic carbocycles. The highest BCUT2D eigenvalue weighted by Gasteiger charge is 2.49. The number of hydrogen-bond acceptors (Lipinski definition) is 8. The van der Waals surface area contributed by atoms with Crippen LogP contribution >= 0.6 is 0 Å². The summed E-state index contributed by atoms with van der Waals surface area (Å²) in [6, 6.07) is 10.9. The molecule has 0 radical (unpaired) electrons. The van der Waals surface area contributed by atoms with Crippen molar-refractivity contribution in [2.45, 2.75) is 55.9 Å². The average Bonchev–Trinajstić information content (AvgIpc) is 3.82. The molecular formula is C36H33F2N5O3. The monoisotopic (exact) mass is 621 g/mol. The summed E-state index contributed by atoms with van der Waals surface area (Å²) >= 11 is 0. The Morgan fingerprint density at radius 1 is 1.09 bits per heavy atom. The Labute approximate surface area is 264 Å². The number of aromatic nitrogens is 2. The highest BCUT2D eigenvalue weighted by molar-refractivity contribution is 6.17. The molecule has 0 amide bonds. The molecule has 10 heteroatoms. The van der Waals surface area contributed by atoms with E-state index in [2.05, 4.69) is 21.0 Å². The molecule has 8 nitrogen and oxygen atoms in total. The molecule has 4 fully saturated rings. The summed E-state index contributed by atoms with van der Waals surface area (Å²) in [5, 5.41) is 17.1. The van der Waals surface area contributed by atoms with Gasteiger partial charge in [0.2, 0.25) is 0 Å². The molecule has 2 unspecified atom stereocenters. The molecule has 0 saturated carbocycles. The number of phenols is 1. The number of terminal acetylenes is 1. The summed E-state index contributed by atoms with van der Waals surface area (Å²) in [5.41, 5.74) is 2.21. The van der Waals surface area contributed by atoms with Crippen LogP contribution in [0.2, 0.25) is 0 Å². The summed E-state index contributed by atoms with van der Waals surface area (Å²) in [4.78, 5) is 14.5. The van der Waals surface area contributed by atoms with Crippen molar-refractivity contribution in [3.63, 3.8) is 0 Å². The second kappa shape index (κ2) is 10.3. The van der Waals surface area contributed by atoms with Gasteiger partial charge in [0.1, 0.15) is 35.7 Å². The van der Waals surface area contributed by atoms with E-state index in [0.29, 0.717) is 64.7 Å². The van der Waals surface area contributed by atoms with Gasteiger partial charge in [-0.05, 0) is 79.1 Å². The van der Waals surface area contributed by atoms with Crippen LogP contribution in [0.15, 0.2) is 47.1 Å². The number of benzene rings is 3. The summed E-state index contributed by atoms with van der Waals surface area (Å²) in [5.74, 6) is 2.77. The second-order valence-electron chi connectivity index (χ2n) is 13.4. The van der Waals surface area contributed by atoms with E-state index in [0.717, 1.165) is 61.9 Å². The van der Waals surface area contributed by atoms with Gasteiger partial charge in [0.25, 0.3) is 0 Å². The number of rotatable bonds is 5. The van der Waals surface area contributed by atoms with Crippen molar-refractivity contribution in [3.05, 3.63) is 54.0 Å². The summed E-state index contributed by atoms with van der Waals surface area (Å²) < 4.78 is 42.2. The molecule has 6 heterocycles. The summed E-state index contributed by atoms with van der Waals surface area (Å²) in [6.07, 6.45) is 11.1. The van der Waals surface area contributed by atoms with Crippen molar-refractivity contribution in [1.82, 2.24) is 20.2 Å². The van der Waals surface area contributed by atoms with Gasteiger partial charge in [0.05, 0.1) is 28.3 Å². The number of nitrogens with one attached hydrogen (secondary N) is 1. The predicted octanol–water partition coefficient (Wildman–Crippen LogP) is 5.92. The first kappa shape index (κ1) is 27.8. The molecule has 234 valence electrons. The largest absolute Gasteiger partial charge is 0.508 e. The Hall–Kier alpha value is -4.46. The predicted molar refractivity (Wildman–Crippen MR) is 173 cm³/mol. The number of alkyl halides is 1. The van der Waals surface area contributed by atoms with Crippen LogP contribution in [0, 0.1) is 18.2 Å². The van der Waals surface area contributed by atoms with Crippen LogP contribution in [0.1, 0.15) is 37.7 Å². The molecule has 4 atom stereocenters. The minimum absolute atomic E-state index is 0.0283. The fraction of sp³-hybridized carbons (Fsp3) is 0.389. The van der Waals surface area contributed by atoms with Gasteiger partial charge in [-0.1, -0.05) is 12.0 Å². The summed E-state index contributed by atoms with van der Waals surface area (Å²) in [6.45, 7) is 3.19. The van der Waals surface area contributed by atoms with Gasteiger partial charge in [-0.3, -0.25) is 4.90 Å². The lowest BCUT2D eigenvalue weighted by Crippen LogP contribution is -2.51. The maximum atomic E-state index is 15.0. The number of piperazine rings is 1. The van der Waals surface area contributed by atoms with Gasteiger partial charge in [0, 0.05) is 48.9 Å². The minimum Gasteiger partial charge on any atom is -0.508 e. The third-order valence-electron chi connectivity index (χ3n) is 10.6. The highest BCUT2D eigenvalue weighted by Crippen LogP contribution is 2.45. The molecule has 2 aromatic heterocycles. The van der Waals surface area contributed by atoms with E-state index in [1.807, 2.05) is 12.1 Å². The zero-order valence-corrected chi connectivity index (χ0v) is 25.2. The van der Waals surface area contributed by atoms with Crippen molar-refractivity contribution >= 4 is 38.5 Å². The van der Waals surface area contributed by atoms with E-state index < -0.39 is 12.0 Å². The van der Waals surface area contributed by atoms with Crippen LogP contribution < -0.4 is 15.0 Å². The molecule has 4 aliphatic heterocycles. The van der Waals surface area contributed by atoms with Crippen molar-refractivity contribution in [3.8, 4) is 35.2 Å². The van der Waals surface area contributed by atoms with Crippen molar-refractivity contribution < 1.29 is 23.0 Å². The third kappa shape index (κ3) is 4.25. The number of hydrogen-bond donors (Lipinski definition) is 2. The molecule has 9 rings (SSSR count). The molecule has 2 N–H and O–H groups in total. The summed E-state index contributed by atoms with van der Waals surface area (Å²) in [7, 11) is 0. The quantitative estimate of drug-likeness (QED) is 0.234. The number of aromatic hydroxyl groups is 1. The third-order valence-corrected chi connectivity index (χ3v) is 10.6. The number of halogens is 2. The second-order valence-corrected chi connectivity index (χ2v) is 13.4. The average molecular weight is 622 g/mol. The molecule has 4 aliphatic rings. The highest BCUT2D eigenvalue weighted by atomic mass is 19.1. The number of fused-ring (bicyclic) bond motifs is 7. The van der Waals surface area contributed by atoms with E-state index in [1.54, 1.807) is 24.5 Å². The van der Waals surface area contributed by atoms with Crippen molar-refractivity contribution in [2.24, 2.45) is 0 Å². The minimum atomic E-state index is -0.863. The van der Waals surface area contributed by atoms with E-state index >= 15 is 4.39 Å². The molecular weight excluding hydrogens is 588 g/mol. The van der Waals surface area contributed by atoms with Crippen LogP contribution in [0.5, 0.6) is 11.8 Å². The maximum absolute atomic E-state index is 15.0. The fourth-order valence-electron chi connectivity index (χ4n) is 8.61. The van der Waals surface area contributed by atoms with Crippen LogP contribution in [-0.4, -0.2) is 76.6 Å². The topological polar surface area (TPSA) is 86.9 Å². The first-order valence-electron chi connectivity index (χ1n) is 16.1. The Morgan fingerprint density at radius 3 is 2.76 bits per heavy atom. The zero-order chi connectivity index (χ0) is 31.2. The lowest BCUT2D eigenvalue weighted by Gasteiger charge is -2.34. The van der Waals surface area contributed by atoms with E-state index in [-0.39, 0.29) is 22.9 Å². The SMILES string of the molecule is C#Cc1c(F)ccc2cc(O)cc(-c3cc4nc(OC[C@@]56CCCN5C[C@H](F)C6)nc(N5CC6CCC(C5)N6)c4c4occc34)c12. The zero-order valence-electron chi connectivity index (χ0n) is 25.2. The molecule has 0 spiro atoms. The molecule has 46 heavy (non-hydrogen) atoms. The van der Waals surface area contributed by atoms with Gasteiger partial charge in [0.15, 0.2) is 0 Å². The normalized spacial score (nSPS) is 25.9. The van der Waals surface area contributed by atoms with Crippen LogP contribution in [-0.2, 0) is 0 Å². The Balaban J connectivity index is 1.25. The van der Waals surface area contributed by atoms with Crippen molar-refractivity contribution in [1.29, 1.82) is 0 Å². The van der Waals surface area contributed by atoms with Gasteiger partial charge in [-0.2, -0.15) is 9.97 Å². The van der Waals surface area contributed by atoms with Crippen LogP contribution in [0.3, 0.4) is 0 Å². The Bertz CT molecular complexity index is 2080. The van der Waals surface area contributed by atoms with Gasteiger partial charge < -0.3 is 24.5 Å². The Kier molecular flexibility index (Phi) is 6.21. The standard InChI is InChI=1S/C36H33F2N5O3/c1-2-25-29(38)7-4-20-12-24(44)13-28(31(20)25)27-14-30-32(33-26(27)8-11-45-33)34(42-17-22-5-6-23(18-42)39-22)41-35(40-30)46-19-36-9-3-10-43(36)16-21(37)15-36/h1,4,7-8,11-14,21-23,39,44H,3,5-6,9-10,15-19H2/t21-,22?,23?,36+/m1/s1. The van der Waals surface area contributed by atoms with E-state index in [4.69, 9.17) is 25.5 Å². The number of ether oxygens (including phenoxy) is 1. The van der Waals surface area contributed by atoms with E-state index in [1.165, 1.54) is 6.07 Å². The first-order valence-corrected chi connectivity index (χ1v) is 16.1. The van der Waals surface area contributed by atoms with E-state index in [9.17, 15) is 9.50 Å². The lowest BCUT2D eigenvalue weighted by atomic mass is 9.91. The smallest absolute Gasteiger partial charge is 0.319 e. The Morgan fingerprint density at radius 2 is 1.93 bits per heavy atom. The number of furan rings is 1. The van der Waals surface area contributed by atoms with Crippen LogP contribution in [0.25, 0.3) is 43.8 Å². The lowest BCUT2D eigenvalue weighted by molar-refractivity contribution is 0.107. The van der Waals surface area contributed by atoms with Gasteiger partial charge in [-0.25, -0.2) is 8.78 Å². The fourth-order valence-corrected chi connectivity index (χ4v) is 8.61. The number of nitrogens with zero attached hydrogens (tertiary/aromatic N) is 4. The van der Waals surface area contributed by atoms with Gasteiger partial charge >= 0.3 is 6.01 Å².